The van der Waals surface area contributed by atoms with Crippen molar-refractivity contribution in [3.63, 3.8) is 0 Å². The largest absolute Gasteiger partial charge is 0.452 e. The van der Waals surface area contributed by atoms with Crippen molar-refractivity contribution in [2.75, 3.05) is 11.9 Å². The van der Waals surface area contributed by atoms with E-state index in [0.717, 1.165) is 0 Å². The predicted molar refractivity (Wildman–Crippen MR) is 102 cm³/mol. The molecule has 0 aliphatic heterocycles. The van der Waals surface area contributed by atoms with Crippen LogP contribution in [0.4, 0.5) is 5.69 Å². The fourth-order valence-electron chi connectivity index (χ4n) is 1.79. The maximum Gasteiger partial charge on any atom is 0.331 e. The highest BCUT2D eigenvalue weighted by molar-refractivity contribution is 6.42. The number of halogens is 4. The third kappa shape index (κ3) is 6.59. The number of carbonyl (C=O) groups excluding carboxylic acids is 2. The van der Waals surface area contributed by atoms with Crippen LogP contribution in [0.15, 0.2) is 42.5 Å². The Balaban J connectivity index is 1.85. The number of nitrogens with one attached hydrogen (secondary N) is 1. The number of hydrogen-bond acceptors (Lipinski definition) is 3. The summed E-state index contributed by atoms with van der Waals surface area (Å²) in [7, 11) is 0. The van der Waals surface area contributed by atoms with E-state index in [2.05, 4.69) is 5.32 Å². The second-order valence-corrected chi connectivity index (χ2v) is 6.51. The first-order valence-corrected chi connectivity index (χ1v) is 8.40. The van der Waals surface area contributed by atoms with Crippen LogP contribution in [0.25, 0.3) is 6.08 Å². The Bertz CT molecular complexity index is 816. The van der Waals surface area contributed by atoms with Crippen LogP contribution in [0.2, 0.25) is 20.1 Å². The summed E-state index contributed by atoms with van der Waals surface area (Å²) in [6.07, 6.45) is 2.68. The van der Waals surface area contributed by atoms with Crippen molar-refractivity contribution in [2.45, 2.75) is 0 Å². The van der Waals surface area contributed by atoms with Gasteiger partial charge >= 0.3 is 5.97 Å². The van der Waals surface area contributed by atoms with Crippen LogP contribution in [0.1, 0.15) is 5.56 Å². The van der Waals surface area contributed by atoms with Crippen molar-refractivity contribution < 1.29 is 14.3 Å². The molecule has 0 radical (unpaired) electrons. The van der Waals surface area contributed by atoms with Gasteiger partial charge in [-0.15, -0.1) is 0 Å². The molecule has 2 aromatic carbocycles. The fraction of sp³-hybridized carbons (Fsp3) is 0.0588. The number of hydrogen-bond donors (Lipinski definition) is 1. The highest BCUT2D eigenvalue weighted by atomic mass is 35.5. The minimum absolute atomic E-state index is 0.372. The normalized spacial score (nSPS) is 10.7. The lowest BCUT2D eigenvalue weighted by Gasteiger charge is -2.06. The van der Waals surface area contributed by atoms with Gasteiger partial charge in [0.2, 0.25) is 0 Å². The van der Waals surface area contributed by atoms with Crippen LogP contribution in [0, 0.1) is 0 Å². The van der Waals surface area contributed by atoms with E-state index in [4.69, 9.17) is 51.1 Å². The number of carbonyl (C=O) groups is 2. The lowest BCUT2D eigenvalue weighted by atomic mass is 10.2. The van der Waals surface area contributed by atoms with Crippen LogP contribution in [-0.2, 0) is 14.3 Å². The second-order valence-electron chi connectivity index (χ2n) is 4.82. The Morgan fingerprint density at radius 1 is 0.960 bits per heavy atom. The Labute approximate surface area is 164 Å². The summed E-state index contributed by atoms with van der Waals surface area (Å²) in [5.41, 5.74) is 1.08. The summed E-state index contributed by atoms with van der Waals surface area (Å²) < 4.78 is 4.85. The van der Waals surface area contributed by atoms with E-state index in [1.807, 2.05) is 0 Å². The molecule has 2 aromatic rings. The molecule has 0 fully saturated rings. The number of amides is 1. The molecule has 0 aliphatic rings. The van der Waals surface area contributed by atoms with Gasteiger partial charge in [-0.05, 0) is 42.0 Å². The van der Waals surface area contributed by atoms with Crippen LogP contribution in [0.5, 0.6) is 0 Å². The van der Waals surface area contributed by atoms with Gasteiger partial charge in [0.05, 0.1) is 10.0 Å². The fourth-order valence-corrected chi connectivity index (χ4v) is 2.62. The summed E-state index contributed by atoms with van der Waals surface area (Å²) >= 11 is 23.3. The molecule has 0 bridgehead atoms. The molecule has 0 unspecified atom stereocenters. The number of ether oxygens (including phenoxy) is 1. The van der Waals surface area contributed by atoms with Gasteiger partial charge in [0.1, 0.15) is 0 Å². The zero-order valence-electron chi connectivity index (χ0n) is 12.6. The number of benzene rings is 2. The van der Waals surface area contributed by atoms with Crippen molar-refractivity contribution in [3.8, 4) is 0 Å². The monoisotopic (exact) mass is 417 g/mol. The van der Waals surface area contributed by atoms with E-state index >= 15 is 0 Å². The summed E-state index contributed by atoms with van der Waals surface area (Å²) in [6.45, 7) is -0.450. The third-order valence-electron chi connectivity index (χ3n) is 2.85. The first-order valence-electron chi connectivity index (χ1n) is 6.89. The molecule has 0 saturated carbocycles. The predicted octanol–water partition coefficient (Wildman–Crippen LogP) is 5.50. The molecule has 1 N–H and O–H groups in total. The average Bonchev–Trinajstić information content (AvgIpc) is 2.53. The van der Waals surface area contributed by atoms with Crippen LogP contribution in [-0.4, -0.2) is 18.5 Å². The maximum absolute atomic E-state index is 11.8. The van der Waals surface area contributed by atoms with E-state index in [1.165, 1.54) is 30.4 Å². The van der Waals surface area contributed by atoms with E-state index in [-0.39, 0.29) is 0 Å². The minimum atomic E-state index is -0.676. The smallest absolute Gasteiger partial charge is 0.331 e. The Hall–Kier alpha value is -1.72. The molecule has 1 amide bonds. The number of anilines is 1. The zero-order chi connectivity index (χ0) is 18.4. The third-order valence-corrected chi connectivity index (χ3v) is 4.02. The first-order chi connectivity index (χ1) is 11.8. The van der Waals surface area contributed by atoms with Crippen molar-refractivity contribution in [2.24, 2.45) is 0 Å². The molecule has 0 saturated heterocycles. The van der Waals surface area contributed by atoms with Gasteiger partial charge in [-0.2, -0.15) is 0 Å². The number of rotatable bonds is 5. The van der Waals surface area contributed by atoms with Gasteiger partial charge in [0.25, 0.3) is 5.91 Å². The molecule has 0 atom stereocenters. The summed E-state index contributed by atoms with van der Waals surface area (Å²) in [6, 6.07) is 9.48. The Morgan fingerprint density at radius 3 is 2.28 bits per heavy atom. The molecule has 4 nitrogen and oxygen atoms in total. The summed E-state index contributed by atoms with van der Waals surface area (Å²) in [4.78, 5) is 23.4. The van der Waals surface area contributed by atoms with E-state index in [1.54, 1.807) is 18.2 Å². The first kappa shape index (κ1) is 19.6. The summed E-state index contributed by atoms with van der Waals surface area (Å²) in [5, 5.41) is 4.07. The topological polar surface area (TPSA) is 55.4 Å². The zero-order valence-corrected chi connectivity index (χ0v) is 15.6. The van der Waals surface area contributed by atoms with E-state index in [9.17, 15) is 9.59 Å². The summed E-state index contributed by atoms with van der Waals surface area (Å²) in [5.74, 6) is -1.19. The van der Waals surface area contributed by atoms with Gasteiger partial charge in [0.15, 0.2) is 6.61 Å². The van der Waals surface area contributed by atoms with E-state index < -0.39 is 18.5 Å². The molecule has 25 heavy (non-hydrogen) atoms. The molecule has 0 aromatic heterocycles. The molecule has 0 heterocycles. The van der Waals surface area contributed by atoms with Gasteiger partial charge in [-0.1, -0.05) is 52.5 Å². The van der Waals surface area contributed by atoms with Crippen molar-refractivity contribution in [3.05, 3.63) is 68.1 Å². The molecular weight excluding hydrogens is 408 g/mol. The second kappa shape index (κ2) is 9.11. The Morgan fingerprint density at radius 2 is 1.64 bits per heavy atom. The molecule has 130 valence electrons. The van der Waals surface area contributed by atoms with E-state index in [0.29, 0.717) is 31.3 Å². The molecular formula is C17H11Cl4NO3. The SMILES string of the molecule is O=C(COC(=O)/C=C/c1ccc(Cl)c(Cl)c1)Nc1cc(Cl)cc(Cl)c1. The molecule has 0 spiro atoms. The highest BCUT2D eigenvalue weighted by Crippen LogP contribution is 2.23. The van der Waals surface area contributed by atoms with Crippen molar-refractivity contribution in [1.82, 2.24) is 0 Å². The van der Waals surface area contributed by atoms with Gasteiger partial charge in [-0.3, -0.25) is 4.79 Å². The minimum Gasteiger partial charge on any atom is -0.452 e. The van der Waals surface area contributed by atoms with Crippen LogP contribution >= 0.6 is 46.4 Å². The van der Waals surface area contributed by atoms with Crippen molar-refractivity contribution in [1.29, 1.82) is 0 Å². The maximum atomic E-state index is 11.8. The average molecular weight is 419 g/mol. The van der Waals surface area contributed by atoms with Crippen LogP contribution in [0.3, 0.4) is 0 Å². The van der Waals surface area contributed by atoms with Crippen LogP contribution < -0.4 is 5.32 Å². The molecule has 8 heteroatoms. The van der Waals surface area contributed by atoms with Crippen molar-refractivity contribution >= 4 is 70.0 Å². The quantitative estimate of drug-likeness (QED) is 0.515. The molecule has 2 rings (SSSR count). The van der Waals surface area contributed by atoms with Gasteiger partial charge in [0, 0.05) is 21.8 Å². The van der Waals surface area contributed by atoms with Gasteiger partial charge in [-0.25, -0.2) is 4.79 Å². The number of esters is 1. The Kier molecular flexibility index (Phi) is 7.14. The lowest BCUT2D eigenvalue weighted by molar-refractivity contribution is -0.142. The standard InChI is InChI=1S/C17H11Cl4NO3/c18-11-6-12(19)8-13(7-11)22-16(23)9-25-17(24)4-2-10-1-3-14(20)15(21)5-10/h1-8H,9H2,(H,22,23)/b4-2+. The lowest BCUT2D eigenvalue weighted by Crippen LogP contribution is -2.20. The van der Waals surface area contributed by atoms with Gasteiger partial charge < -0.3 is 10.1 Å². The highest BCUT2D eigenvalue weighted by Gasteiger charge is 2.07. The molecule has 0 aliphatic carbocycles.